The summed E-state index contributed by atoms with van der Waals surface area (Å²) in [7, 11) is 0. The summed E-state index contributed by atoms with van der Waals surface area (Å²) in [4.78, 5) is 0. The fourth-order valence-electron chi connectivity index (χ4n) is 0. The Labute approximate surface area is 102 Å². The maximum absolute atomic E-state index is 0. The van der Waals surface area contributed by atoms with Crippen LogP contribution in [0.25, 0.3) is 0 Å². The van der Waals surface area contributed by atoms with Crippen LogP contribution in [-0.2, 0) is 47.9 Å². The van der Waals surface area contributed by atoms with Crippen LogP contribution >= 0.6 is 0 Å². The molecule has 4 heteroatoms. The quantitative estimate of drug-likeness (QED) is 0.436. The van der Waals surface area contributed by atoms with Crippen LogP contribution < -0.4 is 0 Å². The van der Waals surface area contributed by atoms with E-state index in [0.29, 0.717) is 0 Å². The van der Waals surface area contributed by atoms with Gasteiger partial charge in [0.1, 0.15) is 0 Å². The summed E-state index contributed by atoms with van der Waals surface area (Å²) >= 11 is 0. The Balaban J connectivity index is 0. The summed E-state index contributed by atoms with van der Waals surface area (Å²) in [6.45, 7) is 0. The van der Waals surface area contributed by atoms with Gasteiger partial charge in [0.15, 0.2) is 0 Å². The molecule has 0 aliphatic rings. The molecule has 0 heterocycles. The largest absolute Gasteiger partial charge is 0 e. The van der Waals surface area contributed by atoms with Crippen LogP contribution in [0, 0.1) is 0 Å². The van der Waals surface area contributed by atoms with Crippen molar-refractivity contribution in [1.29, 1.82) is 0 Å². The maximum atomic E-state index is 0. The Morgan fingerprint density at radius 3 is 1.00 bits per heavy atom. The molecule has 0 nitrogen and oxygen atoms in total. The molecule has 0 aliphatic carbocycles. The summed E-state index contributed by atoms with van der Waals surface area (Å²) < 4.78 is 0. The van der Waals surface area contributed by atoms with Crippen molar-refractivity contribution in [1.82, 2.24) is 0 Å². The van der Waals surface area contributed by atoms with Crippen LogP contribution in [0.15, 0.2) is 0 Å². The maximum Gasteiger partial charge on any atom is 0 e. The molecular formula is CaLiTiZr. The molecule has 0 aliphatic heterocycles. The van der Waals surface area contributed by atoms with E-state index in [1.807, 2.05) is 0 Å². The Bertz CT molecular complexity index is 8.00. The van der Waals surface area contributed by atoms with Crippen LogP contribution in [0.1, 0.15) is 0 Å². The van der Waals surface area contributed by atoms with Crippen LogP contribution in [-0.4, -0.2) is 56.6 Å². The van der Waals surface area contributed by atoms with E-state index in [1.165, 1.54) is 0 Å². The van der Waals surface area contributed by atoms with Crippen molar-refractivity contribution in [2.45, 2.75) is 0 Å². The molecule has 0 saturated carbocycles. The van der Waals surface area contributed by atoms with Crippen LogP contribution in [0.5, 0.6) is 0 Å². The molecule has 0 N–H and O–H groups in total. The standard InChI is InChI=1S/Ca.Li.Ti.Zr. The third-order valence-electron chi connectivity index (χ3n) is 0. The van der Waals surface area contributed by atoms with Crippen LogP contribution in [0.2, 0.25) is 0 Å². The van der Waals surface area contributed by atoms with Crippen LogP contribution in [0.4, 0.5) is 0 Å². The van der Waals surface area contributed by atoms with Crippen molar-refractivity contribution < 1.29 is 47.9 Å². The first-order valence-electron chi connectivity index (χ1n) is 0. The van der Waals surface area contributed by atoms with Gasteiger partial charge in [0.25, 0.3) is 0 Å². The molecule has 0 rings (SSSR count). The predicted molar refractivity (Wildman–Crippen MR) is 11.5 cm³/mol. The summed E-state index contributed by atoms with van der Waals surface area (Å²) in [6, 6.07) is 0. The van der Waals surface area contributed by atoms with E-state index in [2.05, 4.69) is 0 Å². The fraction of sp³-hybridized carbons (Fsp3) is 0. The molecule has 0 aromatic rings. The first-order valence-corrected chi connectivity index (χ1v) is 0. The Kier molecular flexibility index (Phi) is 105. The molecule has 0 atom stereocenters. The zero-order valence-corrected chi connectivity index (χ0v) is 8.94. The molecule has 4 heavy (non-hydrogen) atoms. The van der Waals surface area contributed by atoms with Crippen molar-refractivity contribution >= 4 is 56.6 Å². The van der Waals surface area contributed by atoms with E-state index >= 15 is 0 Å². The van der Waals surface area contributed by atoms with Gasteiger partial charge in [0.2, 0.25) is 0 Å². The summed E-state index contributed by atoms with van der Waals surface area (Å²) in [5, 5.41) is 0. The minimum absolute atomic E-state index is 0. The molecule has 0 fully saturated rings. The van der Waals surface area contributed by atoms with Gasteiger partial charge in [-0.05, 0) is 0 Å². The van der Waals surface area contributed by atoms with Crippen molar-refractivity contribution in [2.24, 2.45) is 0 Å². The molecule has 11 valence electrons. The number of hydrogen-bond donors (Lipinski definition) is 0. The van der Waals surface area contributed by atoms with E-state index in [9.17, 15) is 0 Å². The zero-order chi connectivity index (χ0) is 0. The molecular weight excluding hydrogens is 186 g/mol. The normalized spacial score (nSPS) is 0. The summed E-state index contributed by atoms with van der Waals surface area (Å²) in [6.07, 6.45) is 0. The molecule has 0 spiro atoms. The molecule has 0 saturated heterocycles. The minimum atomic E-state index is 0. The minimum Gasteiger partial charge on any atom is 0 e. The smallest absolute Gasteiger partial charge is 0 e. The molecule has 0 aromatic heterocycles. The molecule has 0 bridgehead atoms. The van der Waals surface area contributed by atoms with Crippen molar-refractivity contribution in [2.75, 3.05) is 0 Å². The van der Waals surface area contributed by atoms with Gasteiger partial charge in [-0.25, -0.2) is 0 Å². The predicted octanol–water partition coefficient (Wildman–Crippen LogP) is -0.767. The van der Waals surface area contributed by atoms with E-state index in [0.717, 1.165) is 0 Å². The van der Waals surface area contributed by atoms with E-state index < -0.39 is 0 Å². The zero-order valence-electron chi connectivity index (χ0n) is 2.71. The van der Waals surface area contributed by atoms with Crippen molar-refractivity contribution in [3.8, 4) is 0 Å². The second-order valence-corrected chi connectivity index (χ2v) is 0. The third-order valence-corrected chi connectivity index (χ3v) is 0. The fourth-order valence-corrected chi connectivity index (χ4v) is 0. The van der Waals surface area contributed by atoms with Gasteiger partial charge in [-0.3, -0.25) is 0 Å². The average molecular weight is 186 g/mol. The first-order chi connectivity index (χ1) is 0. The van der Waals surface area contributed by atoms with Gasteiger partial charge in [0.05, 0.1) is 0 Å². The number of hydrogen-bond acceptors (Lipinski definition) is 0. The monoisotopic (exact) mass is 185 g/mol. The molecule has 0 unspecified atom stereocenters. The van der Waals surface area contributed by atoms with Gasteiger partial charge in [-0.15, -0.1) is 0 Å². The first kappa shape index (κ1) is 26.0. The van der Waals surface area contributed by atoms with Gasteiger partial charge in [-0.2, -0.15) is 0 Å². The third kappa shape index (κ3) is 9.07. The van der Waals surface area contributed by atoms with E-state index in [4.69, 9.17) is 0 Å². The van der Waals surface area contributed by atoms with Crippen LogP contribution in [0.3, 0.4) is 0 Å². The average Bonchev–Trinajstić information content (AvgIpc) is 0. The van der Waals surface area contributed by atoms with Crippen molar-refractivity contribution in [3.05, 3.63) is 0 Å². The molecule has 0 aromatic carbocycles. The van der Waals surface area contributed by atoms with Gasteiger partial charge < -0.3 is 0 Å². The Hall–Kier alpha value is 3.45. The van der Waals surface area contributed by atoms with Gasteiger partial charge >= 0.3 is 0 Å². The Morgan fingerprint density at radius 1 is 1.00 bits per heavy atom. The second-order valence-electron chi connectivity index (χ2n) is 0. The summed E-state index contributed by atoms with van der Waals surface area (Å²) in [5.41, 5.74) is 0. The van der Waals surface area contributed by atoms with Gasteiger partial charge in [-0.1, -0.05) is 0 Å². The van der Waals surface area contributed by atoms with E-state index in [1.54, 1.807) is 0 Å². The van der Waals surface area contributed by atoms with Crippen molar-refractivity contribution in [3.63, 3.8) is 0 Å². The second kappa shape index (κ2) is 16.1. The Morgan fingerprint density at radius 2 is 1.00 bits per heavy atom. The molecule has 0 amide bonds. The number of rotatable bonds is 0. The topological polar surface area (TPSA) is 0 Å². The van der Waals surface area contributed by atoms with Gasteiger partial charge in [0, 0.05) is 105 Å². The SMILES string of the molecule is [Ca].[Li].[Ti].[Zr]. The molecule has 3 radical (unpaired) electrons. The van der Waals surface area contributed by atoms with E-state index in [-0.39, 0.29) is 105 Å². The summed E-state index contributed by atoms with van der Waals surface area (Å²) in [5.74, 6) is 0.